The molecule has 0 aliphatic carbocycles. The summed E-state index contributed by atoms with van der Waals surface area (Å²) in [5.41, 5.74) is 1.73. The standard InChI is InChI=1S/C17H21O4P/c1-13(2)19-22(18,20-16-11-7-5-9-14(16)3)21-17-12-8-6-10-15(17)4/h5-13H,1-4H3. The van der Waals surface area contributed by atoms with E-state index < -0.39 is 7.82 Å². The Hall–Kier alpha value is -1.77. The van der Waals surface area contributed by atoms with Crippen LogP contribution in [0.1, 0.15) is 25.0 Å². The van der Waals surface area contributed by atoms with Gasteiger partial charge in [0, 0.05) is 0 Å². The fourth-order valence-corrected chi connectivity index (χ4v) is 3.41. The molecule has 5 heteroatoms. The van der Waals surface area contributed by atoms with Gasteiger partial charge < -0.3 is 9.05 Å². The Labute approximate surface area is 131 Å². The molecule has 0 aromatic heterocycles. The third-order valence-corrected chi connectivity index (χ3v) is 4.47. The highest BCUT2D eigenvalue weighted by Gasteiger charge is 2.33. The first-order chi connectivity index (χ1) is 10.4. The molecule has 0 spiro atoms. The van der Waals surface area contributed by atoms with Gasteiger partial charge in [0.05, 0.1) is 6.10 Å². The monoisotopic (exact) mass is 320 g/mol. The highest BCUT2D eigenvalue weighted by Crippen LogP contribution is 2.51. The van der Waals surface area contributed by atoms with Gasteiger partial charge in [0.15, 0.2) is 0 Å². The number of aryl methyl sites for hydroxylation is 2. The predicted molar refractivity (Wildman–Crippen MR) is 87.4 cm³/mol. The molecule has 0 amide bonds. The topological polar surface area (TPSA) is 44.8 Å². The average molecular weight is 320 g/mol. The zero-order valence-corrected chi connectivity index (χ0v) is 14.2. The lowest BCUT2D eigenvalue weighted by Crippen LogP contribution is -2.10. The zero-order chi connectivity index (χ0) is 16.2. The Morgan fingerprint density at radius 1 is 0.818 bits per heavy atom. The fraction of sp³-hybridized carbons (Fsp3) is 0.294. The van der Waals surface area contributed by atoms with E-state index in [1.165, 1.54) is 0 Å². The number of rotatable bonds is 6. The van der Waals surface area contributed by atoms with Crippen LogP contribution in [0.25, 0.3) is 0 Å². The molecular formula is C17H21O4P. The van der Waals surface area contributed by atoms with E-state index in [2.05, 4.69) is 0 Å². The quantitative estimate of drug-likeness (QED) is 0.678. The summed E-state index contributed by atoms with van der Waals surface area (Å²) in [5, 5.41) is 0. The summed E-state index contributed by atoms with van der Waals surface area (Å²) in [5.74, 6) is 0.972. The van der Waals surface area contributed by atoms with E-state index >= 15 is 0 Å². The van der Waals surface area contributed by atoms with Crippen molar-refractivity contribution in [2.45, 2.75) is 33.8 Å². The predicted octanol–water partition coefficient (Wildman–Crippen LogP) is 5.29. The lowest BCUT2D eigenvalue weighted by atomic mass is 10.2. The van der Waals surface area contributed by atoms with Crippen LogP contribution in [0.5, 0.6) is 11.5 Å². The van der Waals surface area contributed by atoms with Gasteiger partial charge in [-0.15, -0.1) is 0 Å². The van der Waals surface area contributed by atoms with Crippen LogP contribution in [0.15, 0.2) is 48.5 Å². The normalized spacial score (nSPS) is 11.5. The minimum absolute atomic E-state index is 0.293. The molecule has 22 heavy (non-hydrogen) atoms. The largest absolute Gasteiger partial charge is 0.587 e. The van der Waals surface area contributed by atoms with E-state index in [1.54, 1.807) is 26.0 Å². The first kappa shape index (κ1) is 16.6. The van der Waals surface area contributed by atoms with Gasteiger partial charge in [-0.05, 0) is 51.0 Å². The Morgan fingerprint density at radius 2 is 1.23 bits per heavy atom. The summed E-state index contributed by atoms with van der Waals surface area (Å²) in [6, 6.07) is 14.6. The number of para-hydroxylation sites is 2. The van der Waals surface area contributed by atoms with E-state index in [0.717, 1.165) is 11.1 Å². The van der Waals surface area contributed by atoms with Gasteiger partial charge in [0.25, 0.3) is 0 Å². The Balaban J connectivity index is 2.30. The van der Waals surface area contributed by atoms with Crippen LogP contribution >= 0.6 is 7.82 Å². The summed E-state index contributed by atoms with van der Waals surface area (Å²) in [7, 11) is -3.77. The highest BCUT2D eigenvalue weighted by molar-refractivity contribution is 7.49. The van der Waals surface area contributed by atoms with Crippen molar-refractivity contribution >= 4 is 7.82 Å². The second-order valence-corrected chi connectivity index (χ2v) is 6.79. The maximum atomic E-state index is 13.0. The van der Waals surface area contributed by atoms with Gasteiger partial charge >= 0.3 is 7.82 Å². The molecule has 0 saturated carbocycles. The van der Waals surface area contributed by atoms with Crippen molar-refractivity contribution in [3.8, 4) is 11.5 Å². The van der Waals surface area contributed by atoms with Gasteiger partial charge in [-0.25, -0.2) is 4.57 Å². The first-order valence-electron chi connectivity index (χ1n) is 7.18. The van der Waals surface area contributed by atoms with E-state index in [-0.39, 0.29) is 6.10 Å². The molecule has 0 unspecified atom stereocenters. The van der Waals surface area contributed by atoms with Gasteiger partial charge in [-0.2, -0.15) is 0 Å². The van der Waals surface area contributed by atoms with Crippen LogP contribution in [0.2, 0.25) is 0 Å². The van der Waals surface area contributed by atoms with Gasteiger partial charge in [0.1, 0.15) is 11.5 Å². The lowest BCUT2D eigenvalue weighted by Gasteiger charge is -2.22. The van der Waals surface area contributed by atoms with E-state index in [4.69, 9.17) is 13.6 Å². The van der Waals surface area contributed by atoms with E-state index in [0.29, 0.717) is 11.5 Å². The SMILES string of the molecule is Cc1ccccc1OP(=O)(Oc1ccccc1C)OC(C)C. The van der Waals surface area contributed by atoms with Crippen molar-refractivity contribution < 1.29 is 18.1 Å². The second kappa shape index (κ2) is 6.99. The maximum absolute atomic E-state index is 13.0. The molecule has 0 aliphatic rings. The van der Waals surface area contributed by atoms with Crippen molar-refractivity contribution in [1.29, 1.82) is 0 Å². The lowest BCUT2D eigenvalue weighted by molar-refractivity contribution is 0.166. The average Bonchev–Trinajstić information content (AvgIpc) is 2.43. The maximum Gasteiger partial charge on any atom is 0.587 e. The molecule has 0 heterocycles. The van der Waals surface area contributed by atoms with Crippen molar-refractivity contribution in [3.63, 3.8) is 0 Å². The molecule has 2 aromatic rings. The number of hydrogen-bond donors (Lipinski definition) is 0. The minimum atomic E-state index is -3.77. The van der Waals surface area contributed by atoms with Crippen LogP contribution < -0.4 is 9.05 Å². The number of benzene rings is 2. The zero-order valence-electron chi connectivity index (χ0n) is 13.3. The molecule has 2 rings (SSSR count). The Kier molecular flexibility index (Phi) is 5.28. The van der Waals surface area contributed by atoms with Gasteiger partial charge in [-0.1, -0.05) is 36.4 Å². The summed E-state index contributed by atoms with van der Waals surface area (Å²) >= 11 is 0. The third-order valence-electron chi connectivity index (χ3n) is 2.95. The smallest absolute Gasteiger partial charge is 0.395 e. The van der Waals surface area contributed by atoms with E-state index in [9.17, 15) is 4.57 Å². The molecule has 118 valence electrons. The molecule has 0 N–H and O–H groups in total. The number of phosphoric acid groups is 1. The molecule has 0 fully saturated rings. The molecular weight excluding hydrogens is 299 g/mol. The molecule has 0 saturated heterocycles. The second-order valence-electron chi connectivity index (χ2n) is 5.31. The molecule has 0 radical (unpaired) electrons. The van der Waals surface area contributed by atoms with Crippen molar-refractivity contribution in [3.05, 3.63) is 59.7 Å². The summed E-state index contributed by atoms with van der Waals surface area (Å²) in [4.78, 5) is 0. The Morgan fingerprint density at radius 3 is 1.59 bits per heavy atom. The molecule has 0 aliphatic heterocycles. The van der Waals surface area contributed by atoms with Gasteiger partial charge in [0.2, 0.25) is 0 Å². The molecule has 2 aromatic carbocycles. The van der Waals surface area contributed by atoms with Crippen molar-refractivity contribution in [2.24, 2.45) is 0 Å². The van der Waals surface area contributed by atoms with Crippen LogP contribution in [-0.2, 0) is 9.09 Å². The summed E-state index contributed by atoms with van der Waals surface area (Å²) < 4.78 is 29.7. The van der Waals surface area contributed by atoms with Gasteiger partial charge in [-0.3, -0.25) is 4.52 Å². The summed E-state index contributed by atoms with van der Waals surface area (Å²) in [6.07, 6.45) is -0.293. The van der Waals surface area contributed by atoms with Crippen LogP contribution in [-0.4, -0.2) is 6.10 Å². The van der Waals surface area contributed by atoms with Crippen molar-refractivity contribution in [1.82, 2.24) is 0 Å². The van der Waals surface area contributed by atoms with Crippen molar-refractivity contribution in [2.75, 3.05) is 0 Å². The molecule has 0 atom stereocenters. The number of phosphoric ester groups is 1. The third kappa shape index (κ3) is 4.36. The molecule has 0 bridgehead atoms. The first-order valence-corrected chi connectivity index (χ1v) is 8.64. The van der Waals surface area contributed by atoms with Crippen LogP contribution in [0, 0.1) is 13.8 Å². The van der Waals surface area contributed by atoms with Crippen LogP contribution in [0.3, 0.4) is 0 Å². The summed E-state index contributed by atoms with van der Waals surface area (Å²) in [6.45, 7) is 7.33. The molecule has 4 nitrogen and oxygen atoms in total. The van der Waals surface area contributed by atoms with Crippen LogP contribution in [0.4, 0.5) is 0 Å². The van der Waals surface area contributed by atoms with E-state index in [1.807, 2.05) is 50.2 Å². The minimum Gasteiger partial charge on any atom is -0.395 e. The highest BCUT2D eigenvalue weighted by atomic mass is 31.2. The number of hydrogen-bond acceptors (Lipinski definition) is 4. The fourth-order valence-electron chi connectivity index (χ4n) is 1.88. The Bertz CT molecular complexity index is 630.